The fraction of sp³-hybridized carbons (Fsp3) is 0.250. The Morgan fingerprint density at radius 2 is 1.94 bits per heavy atom. The van der Waals surface area contributed by atoms with Crippen molar-refractivity contribution >= 4 is 50.9 Å². The van der Waals surface area contributed by atoms with Gasteiger partial charge in [0.25, 0.3) is 0 Å². The number of nitrogens with one attached hydrogen (secondary N) is 2. The molecule has 0 saturated carbocycles. The number of hydrogen-bond donors (Lipinski definition) is 2. The standard InChI is InChI=1S/C20H21Cl2N5O3S2/c1-2-27(32(29,30)17-12-15(21)8-9-16(17)22)13-18(28)23-10-11-31-20-24-19(25-26-20)14-6-4-3-5-7-14/h3-9,12H,2,10-11,13H2,1H3,(H,23,28)(H,24,25,26). The highest BCUT2D eigenvalue weighted by Crippen LogP contribution is 2.27. The third-order valence-electron chi connectivity index (χ3n) is 4.35. The highest BCUT2D eigenvalue weighted by Gasteiger charge is 2.27. The topological polar surface area (TPSA) is 108 Å². The Hall–Kier alpha value is -2.11. The van der Waals surface area contributed by atoms with Crippen molar-refractivity contribution in [3.63, 3.8) is 0 Å². The number of carbonyl (C=O) groups is 1. The summed E-state index contributed by atoms with van der Waals surface area (Å²) in [5.74, 6) is 0.770. The lowest BCUT2D eigenvalue weighted by atomic mass is 10.2. The Morgan fingerprint density at radius 1 is 1.19 bits per heavy atom. The van der Waals surface area contributed by atoms with Crippen LogP contribution in [0.3, 0.4) is 0 Å². The third kappa shape index (κ3) is 6.23. The minimum absolute atomic E-state index is 0.0473. The summed E-state index contributed by atoms with van der Waals surface area (Å²) in [6.45, 7) is 1.75. The Morgan fingerprint density at radius 3 is 2.66 bits per heavy atom. The van der Waals surface area contributed by atoms with Crippen LogP contribution in [0, 0.1) is 0 Å². The first kappa shape index (κ1) is 24.5. The van der Waals surface area contributed by atoms with E-state index in [1.807, 2.05) is 30.3 Å². The van der Waals surface area contributed by atoms with Gasteiger partial charge in [-0.1, -0.05) is 72.2 Å². The molecule has 170 valence electrons. The molecule has 0 fully saturated rings. The molecule has 0 bridgehead atoms. The van der Waals surface area contributed by atoms with E-state index in [0.717, 1.165) is 9.87 Å². The Kier molecular flexibility index (Phi) is 8.55. The van der Waals surface area contributed by atoms with E-state index in [-0.39, 0.29) is 28.0 Å². The predicted octanol–water partition coefficient (Wildman–Crippen LogP) is 3.70. The number of sulfonamides is 1. The van der Waals surface area contributed by atoms with Crippen molar-refractivity contribution in [2.45, 2.75) is 17.0 Å². The fourth-order valence-electron chi connectivity index (χ4n) is 2.77. The number of carbonyl (C=O) groups excluding carboxylic acids is 1. The first-order valence-electron chi connectivity index (χ1n) is 9.63. The average molecular weight is 514 g/mol. The molecule has 0 aliphatic carbocycles. The zero-order valence-corrected chi connectivity index (χ0v) is 20.2. The van der Waals surface area contributed by atoms with Gasteiger partial charge in [0.15, 0.2) is 5.82 Å². The molecular weight excluding hydrogens is 493 g/mol. The molecular formula is C20H21Cl2N5O3S2. The summed E-state index contributed by atoms with van der Waals surface area (Å²) in [7, 11) is -3.97. The molecule has 1 heterocycles. The molecule has 0 atom stereocenters. The van der Waals surface area contributed by atoms with Gasteiger partial charge in [0.1, 0.15) is 4.90 Å². The summed E-state index contributed by atoms with van der Waals surface area (Å²) in [5, 5.41) is 10.6. The van der Waals surface area contributed by atoms with Gasteiger partial charge in [0.2, 0.25) is 21.1 Å². The van der Waals surface area contributed by atoms with Crippen LogP contribution in [0.5, 0.6) is 0 Å². The van der Waals surface area contributed by atoms with Gasteiger partial charge in [-0.25, -0.2) is 13.4 Å². The number of hydrogen-bond acceptors (Lipinski definition) is 6. The maximum absolute atomic E-state index is 12.9. The molecule has 0 aliphatic heterocycles. The Bertz CT molecular complexity index is 1170. The first-order valence-corrected chi connectivity index (χ1v) is 12.8. The molecule has 1 aromatic heterocycles. The number of benzene rings is 2. The van der Waals surface area contributed by atoms with E-state index in [1.165, 1.54) is 30.0 Å². The maximum Gasteiger partial charge on any atom is 0.245 e. The number of likely N-dealkylation sites (N-methyl/N-ethyl adjacent to an activating group) is 1. The van der Waals surface area contributed by atoms with Crippen LogP contribution >= 0.6 is 35.0 Å². The van der Waals surface area contributed by atoms with E-state index >= 15 is 0 Å². The van der Waals surface area contributed by atoms with Gasteiger partial charge in [0.05, 0.1) is 11.6 Å². The third-order valence-corrected chi connectivity index (χ3v) is 7.84. The van der Waals surface area contributed by atoms with E-state index in [0.29, 0.717) is 23.3 Å². The molecule has 12 heteroatoms. The van der Waals surface area contributed by atoms with Crippen molar-refractivity contribution in [3.05, 3.63) is 58.6 Å². The van der Waals surface area contributed by atoms with Crippen LogP contribution in [-0.2, 0) is 14.8 Å². The SMILES string of the molecule is CCN(CC(=O)NCCSc1n[nH]c(-c2ccccc2)n1)S(=O)(=O)c1cc(Cl)ccc1Cl. The monoisotopic (exact) mass is 513 g/mol. The summed E-state index contributed by atoms with van der Waals surface area (Å²) in [5.41, 5.74) is 0.931. The molecule has 8 nitrogen and oxygen atoms in total. The second kappa shape index (κ2) is 11.2. The molecule has 2 N–H and O–H groups in total. The van der Waals surface area contributed by atoms with Gasteiger partial charge >= 0.3 is 0 Å². The lowest BCUT2D eigenvalue weighted by molar-refractivity contribution is -0.121. The molecule has 3 rings (SSSR count). The molecule has 3 aromatic rings. The lowest BCUT2D eigenvalue weighted by Gasteiger charge is -2.20. The quantitative estimate of drug-likeness (QED) is 0.316. The number of nitrogens with zero attached hydrogens (tertiary/aromatic N) is 3. The van der Waals surface area contributed by atoms with Crippen molar-refractivity contribution in [1.29, 1.82) is 0 Å². The minimum atomic E-state index is -3.97. The van der Waals surface area contributed by atoms with Crippen LogP contribution in [0.4, 0.5) is 0 Å². The summed E-state index contributed by atoms with van der Waals surface area (Å²) < 4.78 is 26.8. The molecule has 0 saturated heterocycles. The highest BCUT2D eigenvalue weighted by atomic mass is 35.5. The summed E-state index contributed by atoms with van der Waals surface area (Å²) in [6, 6.07) is 13.8. The normalized spacial score (nSPS) is 11.6. The van der Waals surface area contributed by atoms with E-state index in [4.69, 9.17) is 23.2 Å². The van der Waals surface area contributed by atoms with E-state index in [1.54, 1.807) is 6.92 Å². The van der Waals surface area contributed by atoms with E-state index in [9.17, 15) is 13.2 Å². The lowest BCUT2D eigenvalue weighted by Crippen LogP contribution is -2.41. The number of aromatic nitrogens is 3. The second-order valence-corrected chi connectivity index (χ2v) is 10.3. The number of H-pyrrole nitrogens is 1. The van der Waals surface area contributed by atoms with Crippen molar-refractivity contribution in [2.75, 3.05) is 25.4 Å². The number of rotatable bonds is 10. The molecule has 32 heavy (non-hydrogen) atoms. The van der Waals surface area contributed by atoms with Crippen molar-refractivity contribution < 1.29 is 13.2 Å². The van der Waals surface area contributed by atoms with Crippen LogP contribution < -0.4 is 5.32 Å². The van der Waals surface area contributed by atoms with Crippen LogP contribution in [0.25, 0.3) is 11.4 Å². The predicted molar refractivity (Wildman–Crippen MR) is 126 cm³/mol. The number of aromatic amines is 1. The second-order valence-electron chi connectivity index (χ2n) is 6.54. The maximum atomic E-state index is 12.9. The Labute approximate surface area is 200 Å². The molecule has 1 amide bonds. The highest BCUT2D eigenvalue weighted by molar-refractivity contribution is 7.99. The van der Waals surface area contributed by atoms with Crippen molar-refractivity contribution in [1.82, 2.24) is 24.8 Å². The largest absolute Gasteiger partial charge is 0.354 e. The van der Waals surface area contributed by atoms with Gasteiger partial charge in [-0.15, -0.1) is 5.10 Å². The first-order chi connectivity index (χ1) is 15.3. The summed E-state index contributed by atoms with van der Waals surface area (Å²) in [6.07, 6.45) is 0. The van der Waals surface area contributed by atoms with Crippen molar-refractivity contribution in [3.8, 4) is 11.4 Å². The molecule has 2 aromatic carbocycles. The zero-order chi connectivity index (χ0) is 23.1. The van der Waals surface area contributed by atoms with Gasteiger partial charge < -0.3 is 5.32 Å². The smallest absolute Gasteiger partial charge is 0.245 e. The average Bonchev–Trinajstić information content (AvgIpc) is 3.26. The minimum Gasteiger partial charge on any atom is -0.354 e. The van der Waals surface area contributed by atoms with Crippen LogP contribution in [0.1, 0.15) is 6.92 Å². The number of amides is 1. The van der Waals surface area contributed by atoms with Crippen LogP contribution in [-0.4, -0.2) is 59.2 Å². The molecule has 0 spiro atoms. The zero-order valence-electron chi connectivity index (χ0n) is 17.1. The Balaban J connectivity index is 1.51. The molecule has 0 unspecified atom stereocenters. The fourth-order valence-corrected chi connectivity index (χ4v) is 5.56. The van der Waals surface area contributed by atoms with Crippen LogP contribution in [0.2, 0.25) is 10.0 Å². The van der Waals surface area contributed by atoms with Crippen molar-refractivity contribution in [2.24, 2.45) is 0 Å². The van der Waals surface area contributed by atoms with Gasteiger partial charge in [-0.05, 0) is 18.2 Å². The van der Waals surface area contributed by atoms with Gasteiger partial charge in [-0.2, -0.15) is 4.31 Å². The summed E-state index contributed by atoms with van der Waals surface area (Å²) in [4.78, 5) is 16.6. The number of halogens is 2. The van der Waals surface area contributed by atoms with Gasteiger partial charge in [-0.3, -0.25) is 9.89 Å². The van der Waals surface area contributed by atoms with E-state index in [2.05, 4.69) is 20.5 Å². The molecule has 0 aliphatic rings. The van der Waals surface area contributed by atoms with Crippen LogP contribution in [0.15, 0.2) is 58.6 Å². The summed E-state index contributed by atoms with van der Waals surface area (Å²) >= 11 is 13.3. The number of thioether (sulfide) groups is 1. The van der Waals surface area contributed by atoms with Gasteiger partial charge in [0, 0.05) is 29.4 Å². The van der Waals surface area contributed by atoms with E-state index < -0.39 is 15.9 Å². The molecule has 0 radical (unpaired) electrons.